The Kier molecular flexibility index (Phi) is 4.77. The van der Waals surface area contributed by atoms with Crippen LogP contribution in [0.25, 0.3) is 0 Å². The molecule has 0 aromatic heterocycles. The number of hydrogen-bond acceptors (Lipinski definition) is 4. The van der Waals surface area contributed by atoms with E-state index in [2.05, 4.69) is 37.8 Å². The molecule has 0 aliphatic carbocycles. The summed E-state index contributed by atoms with van der Waals surface area (Å²) in [7, 11) is 0. The SMILES string of the molecule is O=C(N/N=C/c1ccc(Br)cc1)c1cccc2c1Nc1ccccc1S2. The number of hydrogen-bond donors (Lipinski definition) is 2. The molecule has 128 valence electrons. The highest BCUT2D eigenvalue weighted by atomic mass is 79.9. The molecule has 3 aromatic carbocycles. The first kappa shape index (κ1) is 16.9. The number of halogens is 1. The fourth-order valence-electron chi connectivity index (χ4n) is 2.62. The first-order valence-corrected chi connectivity index (χ1v) is 9.57. The number of amides is 1. The number of para-hydroxylation sites is 2. The number of carbonyl (C=O) groups excluding carboxylic acids is 1. The smallest absolute Gasteiger partial charge is 0.273 e. The minimum atomic E-state index is -0.248. The zero-order valence-corrected chi connectivity index (χ0v) is 16.0. The van der Waals surface area contributed by atoms with Gasteiger partial charge in [0, 0.05) is 14.3 Å². The van der Waals surface area contributed by atoms with Crippen molar-refractivity contribution in [1.82, 2.24) is 5.43 Å². The molecule has 26 heavy (non-hydrogen) atoms. The predicted molar refractivity (Wildman–Crippen MR) is 109 cm³/mol. The van der Waals surface area contributed by atoms with Crippen LogP contribution in [0.1, 0.15) is 15.9 Å². The Balaban J connectivity index is 1.53. The minimum absolute atomic E-state index is 0.248. The van der Waals surface area contributed by atoms with Gasteiger partial charge in [-0.3, -0.25) is 4.79 Å². The molecule has 1 amide bonds. The second kappa shape index (κ2) is 7.35. The molecule has 0 radical (unpaired) electrons. The van der Waals surface area contributed by atoms with Crippen molar-refractivity contribution in [3.05, 3.63) is 82.3 Å². The van der Waals surface area contributed by atoms with E-state index in [4.69, 9.17) is 0 Å². The van der Waals surface area contributed by atoms with Crippen LogP contribution in [0.2, 0.25) is 0 Å². The first-order valence-electron chi connectivity index (χ1n) is 7.96. The Hall–Kier alpha value is -2.57. The van der Waals surface area contributed by atoms with E-state index in [9.17, 15) is 4.79 Å². The lowest BCUT2D eigenvalue weighted by Gasteiger charge is -2.22. The summed E-state index contributed by atoms with van der Waals surface area (Å²) in [5, 5.41) is 7.43. The molecular formula is C20H14BrN3OS. The van der Waals surface area contributed by atoms with Gasteiger partial charge in [-0.1, -0.05) is 58.0 Å². The Bertz CT molecular complexity index is 1000. The lowest BCUT2D eigenvalue weighted by Crippen LogP contribution is -2.19. The van der Waals surface area contributed by atoms with E-state index in [0.29, 0.717) is 5.56 Å². The number of anilines is 2. The molecule has 0 unspecified atom stereocenters. The largest absolute Gasteiger partial charge is 0.353 e. The van der Waals surface area contributed by atoms with Gasteiger partial charge in [0.15, 0.2) is 0 Å². The third-order valence-corrected chi connectivity index (χ3v) is 5.55. The lowest BCUT2D eigenvalue weighted by molar-refractivity contribution is 0.0956. The number of nitrogens with one attached hydrogen (secondary N) is 2. The molecule has 3 aromatic rings. The van der Waals surface area contributed by atoms with Crippen molar-refractivity contribution in [3.8, 4) is 0 Å². The summed E-state index contributed by atoms with van der Waals surface area (Å²) in [6, 6.07) is 21.4. The first-order chi connectivity index (χ1) is 12.7. The van der Waals surface area contributed by atoms with Crippen LogP contribution in [0.5, 0.6) is 0 Å². The van der Waals surface area contributed by atoms with E-state index in [1.807, 2.05) is 54.6 Å². The second-order valence-electron chi connectivity index (χ2n) is 5.65. The van der Waals surface area contributed by atoms with E-state index < -0.39 is 0 Å². The van der Waals surface area contributed by atoms with Gasteiger partial charge in [0.2, 0.25) is 0 Å². The molecule has 0 saturated carbocycles. The Morgan fingerprint density at radius 3 is 2.62 bits per heavy atom. The van der Waals surface area contributed by atoms with Gasteiger partial charge in [0.25, 0.3) is 5.91 Å². The average Bonchev–Trinajstić information content (AvgIpc) is 2.67. The molecule has 1 heterocycles. The van der Waals surface area contributed by atoms with Gasteiger partial charge in [-0.25, -0.2) is 5.43 Å². The van der Waals surface area contributed by atoms with Gasteiger partial charge < -0.3 is 5.32 Å². The lowest BCUT2D eigenvalue weighted by atomic mass is 10.1. The third kappa shape index (κ3) is 3.52. The summed E-state index contributed by atoms with van der Waals surface area (Å²) < 4.78 is 0.999. The molecule has 0 bridgehead atoms. The maximum Gasteiger partial charge on any atom is 0.273 e. The van der Waals surface area contributed by atoms with Gasteiger partial charge in [-0.15, -0.1) is 0 Å². The number of hydrazone groups is 1. The number of nitrogens with zero attached hydrogens (tertiary/aromatic N) is 1. The number of benzene rings is 3. The van der Waals surface area contributed by atoms with E-state index in [-0.39, 0.29) is 5.91 Å². The predicted octanol–water partition coefficient (Wildman–Crippen LogP) is 5.42. The fourth-order valence-corrected chi connectivity index (χ4v) is 3.91. The highest BCUT2D eigenvalue weighted by Crippen LogP contribution is 2.45. The van der Waals surface area contributed by atoms with Crippen LogP contribution in [0.15, 0.2) is 86.1 Å². The van der Waals surface area contributed by atoms with Crippen molar-refractivity contribution in [3.63, 3.8) is 0 Å². The average molecular weight is 424 g/mol. The molecule has 0 atom stereocenters. The highest BCUT2D eigenvalue weighted by molar-refractivity contribution is 9.10. The van der Waals surface area contributed by atoms with Crippen molar-refractivity contribution >= 4 is 51.2 Å². The molecule has 1 aliphatic heterocycles. The normalized spacial score (nSPS) is 12.2. The van der Waals surface area contributed by atoms with E-state index >= 15 is 0 Å². The van der Waals surface area contributed by atoms with Crippen molar-refractivity contribution in [1.29, 1.82) is 0 Å². The Labute approximate surface area is 163 Å². The van der Waals surface area contributed by atoms with Gasteiger partial charge >= 0.3 is 0 Å². The number of rotatable bonds is 3. The van der Waals surface area contributed by atoms with E-state index in [1.54, 1.807) is 24.0 Å². The molecule has 0 fully saturated rings. The maximum absolute atomic E-state index is 12.6. The molecule has 6 heteroatoms. The Morgan fingerprint density at radius 1 is 1.00 bits per heavy atom. The van der Waals surface area contributed by atoms with Crippen LogP contribution in [-0.2, 0) is 0 Å². The monoisotopic (exact) mass is 423 g/mol. The van der Waals surface area contributed by atoms with Crippen LogP contribution in [0.4, 0.5) is 11.4 Å². The second-order valence-corrected chi connectivity index (χ2v) is 7.65. The topological polar surface area (TPSA) is 53.5 Å². The zero-order valence-electron chi connectivity index (χ0n) is 13.6. The number of carbonyl (C=O) groups is 1. The van der Waals surface area contributed by atoms with Gasteiger partial charge in [0.1, 0.15) is 0 Å². The van der Waals surface area contributed by atoms with E-state index in [0.717, 1.165) is 31.2 Å². The van der Waals surface area contributed by atoms with Crippen molar-refractivity contribution in [2.24, 2.45) is 5.10 Å². The van der Waals surface area contributed by atoms with Crippen molar-refractivity contribution < 1.29 is 4.79 Å². The molecule has 4 rings (SSSR count). The summed E-state index contributed by atoms with van der Waals surface area (Å²) in [5.41, 5.74) is 5.90. The summed E-state index contributed by atoms with van der Waals surface area (Å²) in [6.07, 6.45) is 1.62. The van der Waals surface area contributed by atoms with Gasteiger partial charge in [-0.05, 0) is 42.0 Å². The van der Waals surface area contributed by atoms with E-state index in [1.165, 1.54) is 0 Å². The van der Waals surface area contributed by atoms with Crippen molar-refractivity contribution in [2.75, 3.05) is 5.32 Å². The number of fused-ring (bicyclic) bond motifs is 2. The molecule has 1 aliphatic rings. The zero-order chi connectivity index (χ0) is 17.9. The van der Waals surface area contributed by atoms with Crippen LogP contribution in [0.3, 0.4) is 0 Å². The van der Waals surface area contributed by atoms with Crippen molar-refractivity contribution in [2.45, 2.75) is 9.79 Å². The standard InChI is InChI=1S/C20H14BrN3OS/c21-14-10-8-13(9-11-14)12-22-24-20(25)15-4-3-7-18-19(15)23-16-5-1-2-6-17(16)26-18/h1-12,23H,(H,24,25)/b22-12+. The molecule has 0 spiro atoms. The molecular weight excluding hydrogens is 410 g/mol. The third-order valence-electron chi connectivity index (χ3n) is 3.89. The Morgan fingerprint density at radius 2 is 1.77 bits per heavy atom. The summed E-state index contributed by atoms with van der Waals surface area (Å²) >= 11 is 5.04. The van der Waals surface area contributed by atoms with Gasteiger partial charge in [-0.2, -0.15) is 5.10 Å². The minimum Gasteiger partial charge on any atom is -0.353 e. The maximum atomic E-state index is 12.6. The molecule has 0 saturated heterocycles. The van der Waals surface area contributed by atoms with Crippen LogP contribution in [0, 0.1) is 0 Å². The highest BCUT2D eigenvalue weighted by Gasteiger charge is 2.20. The summed E-state index contributed by atoms with van der Waals surface area (Å²) in [5.74, 6) is -0.248. The quantitative estimate of drug-likeness (QED) is 0.341. The van der Waals surface area contributed by atoms with Gasteiger partial charge in [0.05, 0.1) is 23.2 Å². The summed E-state index contributed by atoms with van der Waals surface area (Å²) in [4.78, 5) is 14.8. The summed E-state index contributed by atoms with van der Waals surface area (Å²) in [6.45, 7) is 0. The van der Waals surface area contributed by atoms with Crippen LogP contribution in [-0.4, -0.2) is 12.1 Å². The molecule has 2 N–H and O–H groups in total. The molecule has 4 nitrogen and oxygen atoms in total. The van der Waals surface area contributed by atoms with Crippen LogP contribution >= 0.6 is 27.7 Å². The van der Waals surface area contributed by atoms with Crippen LogP contribution < -0.4 is 10.7 Å². The fraction of sp³-hybridized carbons (Fsp3) is 0.